The molecule has 6 heteroatoms. The van der Waals surface area contributed by atoms with E-state index in [-0.39, 0.29) is 12.1 Å². The lowest BCUT2D eigenvalue weighted by atomic mass is 10.2. The van der Waals surface area contributed by atoms with Gasteiger partial charge in [-0.3, -0.25) is 14.9 Å². The normalized spacial score (nSPS) is 9.94. The van der Waals surface area contributed by atoms with Gasteiger partial charge in [0.05, 0.1) is 4.92 Å². The Balaban J connectivity index is 2.59. The van der Waals surface area contributed by atoms with Gasteiger partial charge in [-0.15, -0.1) is 0 Å². The van der Waals surface area contributed by atoms with Crippen LogP contribution in [0, 0.1) is 17.0 Å². The molecule has 0 radical (unpaired) electrons. The fourth-order valence-electron chi connectivity index (χ4n) is 1.44. The third kappa shape index (κ3) is 4.50. The number of non-ortho nitro benzene ring substituents is 1. The molecule has 0 aromatic heterocycles. The molecule has 0 bridgehead atoms. The zero-order chi connectivity index (χ0) is 12.8. The molecule has 0 saturated heterocycles. The molecule has 0 heterocycles. The molecule has 17 heavy (non-hydrogen) atoms. The molecule has 0 aliphatic heterocycles. The van der Waals surface area contributed by atoms with Gasteiger partial charge in [0.2, 0.25) is 0 Å². The third-order valence-corrected chi connectivity index (χ3v) is 2.17. The lowest BCUT2D eigenvalue weighted by molar-refractivity contribution is -0.384. The number of hydrogen-bond donors (Lipinski definition) is 2. The molecule has 1 aromatic rings. The number of nitro groups is 1. The first kappa shape index (κ1) is 13.0. The maximum absolute atomic E-state index is 10.6. The van der Waals surface area contributed by atoms with Gasteiger partial charge < -0.3 is 10.4 Å². The van der Waals surface area contributed by atoms with Crippen molar-refractivity contribution in [2.45, 2.75) is 19.8 Å². The van der Waals surface area contributed by atoms with Gasteiger partial charge in [-0.1, -0.05) is 0 Å². The Hall–Kier alpha value is -2.11. The second-order valence-corrected chi connectivity index (χ2v) is 3.74. The van der Waals surface area contributed by atoms with Gasteiger partial charge in [0.15, 0.2) is 0 Å². The van der Waals surface area contributed by atoms with Crippen LogP contribution in [0.5, 0.6) is 0 Å². The van der Waals surface area contributed by atoms with Gasteiger partial charge in [0, 0.05) is 30.8 Å². The van der Waals surface area contributed by atoms with Crippen molar-refractivity contribution in [1.82, 2.24) is 0 Å². The van der Waals surface area contributed by atoms with Crippen molar-refractivity contribution in [2.75, 3.05) is 11.9 Å². The molecule has 2 N–H and O–H groups in total. The van der Waals surface area contributed by atoms with Crippen molar-refractivity contribution < 1.29 is 14.8 Å². The van der Waals surface area contributed by atoms with E-state index in [9.17, 15) is 14.9 Å². The highest BCUT2D eigenvalue weighted by atomic mass is 16.6. The van der Waals surface area contributed by atoms with E-state index in [1.54, 1.807) is 13.0 Å². The molecule has 0 fully saturated rings. The van der Waals surface area contributed by atoms with Crippen LogP contribution in [0.15, 0.2) is 18.2 Å². The van der Waals surface area contributed by atoms with Gasteiger partial charge in [-0.25, -0.2) is 0 Å². The van der Waals surface area contributed by atoms with Crippen LogP contribution in [0.2, 0.25) is 0 Å². The summed E-state index contributed by atoms with van der Waals surface area (Å²) < 4.78 is 0. The first-order chi connectivity index (χ1) is 7.99. The van der Waals surface area contributed by atoms with Crippen molar-refractivity contribution in [1.29, 1.82) is 0 Å². The Morgan fingerprint density at radius 2 is 2.18 bits per heavy atom. The molecule has 6 nitrogen and oxygen atoms in total. The molecule has 0 aliphatic carbocycles. The van der Waals surface area contributed by atoms with Crippen LogP contribution in [0.1, 0.15) is 18.4 Å². The zero-order valence-electron chi connectivity index (χ0n) is 9.47. The van der Waals surface area contributed by atoms with E-state index in [0.29, 0.717) is 18.7 Å². The van der Waals surface area contributed by atoms with Crippen LogP contribution in [0.25, 0.3) is 0 Å². The quantitative estimate of drug-likeness (QED) is 0.450. The lowest BCUT2D eigenvalue weighted by Gasteiger charge is -2.06. The number of carboxylic acid groups (broad SMARTS) is 1. The Bertz CT molecular complexity index is 431. The molecule has 0 amide bonds. The number of aliphatic carboxylic acids is 1. The number of rotatable bonds is 6. The van der Waals surface area contributed by atoms with E-state index in [4.69, 9.17) is 5.11 Å². The lowest BCUT2D eigenvalue weighted by Crippen LogP contribution is -2.05. The Labute approximate surface area is 98.4 Å². The number of aryl methyl sites for hydroxylation is 1. The fourth-order valence-corrected chi connectivity index (χ4v) is 1.44. The van der Waals surface area contributed by atoms with Crippen LogP contribution >= 0.6 is 0 Å². The van der Waals surface area contributed by atoms with Gasteiger partial charge in [-0.2, -0.15) is 0 Å². The topological polar surface area (TPSA) is 92.5 Å². The number of nitro benzene ring substituents is 1. The van der Waals surface area contributed by atoms with Crippen molar-refractivity contribution >= 4 is 17.3 Å². The van der Waals surface area contributed by atoms with E-state index in [1.165, 1.54) is 12.1 Å². The summed E-state index contributed by atoms with van der Waals surface area (Å²) in [5.74, 6) is -0.845. The Kier molecular flexibility index (Phi) is 4.45. The van der Waals surface area contributed by atoms with E-state index in [2.05, 4.69) is 5.32 Å². The zero-order valence-corrected chi connectivity index (χ0v) is 9.47. The van der Waals surface area contributed by atoms with E-state index >= 15 is 0 Å². The SMILES string of the molecule is Cc1cc(NCCCC(=O)O)cc([N+](=O)[O-])c1. The molecule has 1 aromatic carbocycles. The molecule has 0 spiro atoms. The van der Waals surface area contributed by atoms with E-state index < -0.39 is 10.9 Å². The minimum absolute atomic E-state index is 0.0331. The van der Waals surface area contributed by atoms with Gasteiger partial charge in [-0.05, 0) is 25.0 Å². The van der Waals surface area contributed by atoms with Crippen molar-refractivity contribution in [2.24, 2.45) is 0 Å². The summed E-state index contributed by atoms with van der Waals surface area (Å²) in [6.45, 7) is 2.25. The minimum atomic E-state index is -0.845. The minimum Gasteiger partial charge on any atom is -0.481 e. The highest BCUT2D eigenvalue weighted by Crippen LogP contribution is 2.20. The monoisotopic (exact) mass is 238 g/mol. The van der Waals surface area contributed by atoms with Crippen LogP contribution in [-0.4, -0.2) is 22.5 Å². The fraction of sp³-hybridized carbons (Fsp3) is 0.364. The van der Waals surface area contributed by atoms with E-state index in [1.807, 2.05) is 0 Å². The van der Waals surface area contributed by atoms with Crippen LogP contribution in [0.4, 0.5) is 11.4 Å². The van der Waals surface area contributed by atoms with Crippen LogP contribution in [0.3, 0.4) is 0 Å². The molecule has 0 unspecified atom stereocenters. The molecule has 92 valence electrons. The van der Waals surface area contributed by atoms with Crippen molar-refractivity contribution in [3.63, 3.8) is 0 Å². The number of carboxylic acids is 1. The predicted octanol–water partition coefficient (Wildman–Crippen LogP) is 2.18. The number of nitrogens with one attached hydrogen (secondary N) is 1. The van der Waals surface area contributed by atoms with E-state index in [0.717, 1.165) is 5.56 Å². The van der Waals surface area contributed by atoms with Gasteiger partial charge >= 0.3 is 5.97 Å². The summed E-state index contributed by atoms with van der Waals surface area (Å²) in [6, 6.07) is 4.71. The number of hydrogen-bond acceptors (Lipinski definition) is 4. The summed E-state index contributed by atoms with van der Waals surface area (Å²) in [4.78, 5) is 20.5. The highest BCUT2D eigenvalue weighted by molar-refractivity contribution is 5.66. The second kappa shape index (κ2) is 5.83. The predicted molar refractivity (Wildman–Crippen MR) is 63.2 cm³/mol. The number of anilines is 1. The molecular formula is C11H14N2O4. The number of carbonyl (C=O) groups is 1. The molecule has 0 aliphatic rings. The Morgan fingerprint density at radius 1 is 1.47 bits per heavy atom. The maximum Gasteiger partial charge on any atom is 0.303 e. The number of nitrogens with zero attached hydrogens (tertiary/aromatic N) is 1. The second-order valence-electron chi connectivity index (χ2n) is 3.74. The van der Waals surface area contributed by atoms with Crippen molar-refractivity contribution in [3.8, 4) is 0 Å². The van der Waals surface area contributed by atoms with Crippen LogP contribution < -0.4 is 5.32 Å². The smallest absolute Gasteiger partial charge is 0.303 e. The summed E-state index contributed by atoms with van der Waals surface area (Å²) in [5, 5.41) is 22.0. The summed E-state index contributed by atoms with van der Waals surface area (Å²) in [7, 11) is 0. The molecule has 0 atom stereocenters. The van der Waals surface area contributed by atoms with Gasteiger partial charge in [0.1, 0.15) is 0 Å². The maximum atomic E-state index is 10.6. The standard InChI is InChI=1S/C11H14N2O4/c1-8-5-9(7-10(6-8)13(16)17)12-4-2-3-11(14)15/h5-7,12H,2-4H2,1H3,(H,14,15). The molecule has 0 saturated carbocycles. The first-order valence-electron chi connectivity index (χ1n) is 5.21. The largest absolute Gasteiger partial charge is 0.481 e. The van der Waals surface area contributed by atoms with Crippen LogP contribution in [-0.2, 0) is 4.79 Å². The average molecular weight is 238 g/mol. The summed E-state index contributed by atoms with van der Waals surface area (Å²) in [6.07, 6.45) is 0.567. The third-order valence-electron chi connectivity index (χ3n) is 2.17. The molecular weight excluding hydrogens is 224 g/mol. The summed E-state index contributed by atoms with van der Waals surface area (Å²) >= 11 is 0. The number of benzene rings is 1. The average Bonchev–Trinajstić information content (AvgIpc) is 2.23. The highest BCUT2D eigenvalue weighted by Gasteiger charge is 2.07. The molecule has 1 rings (SSSR count). The van der Waals surface area contributed by atoms with Gasteiger partial charge in [0.25, 0.3) is 5.69 Å². The summed E-state index contributed by atoms with van der Waals surface area (Å²) in [5.41, 5.74) is 1.47. The Morgan fingerprint density at radius 3 is 2.76 bits per heavy atom. The van der Waals surface area contributed by atoms with Crippen molar-refractivity contribution in [3.05, 3.63) is 33.9 Å². The first-order valence-corrected chi connectivity index (χ1v) is 5.21.